The van der Waals surface area contributed by atoms with Crippen molar-refractivity contribution in [3.05, 3.63) is 22.0 Å². The van der Waals surface area contributed by atoms with E-state index in [0.717, 1.165) is 11.3 Å². The summed E-state index contributed by atoms with van der Waals surface area (Å²) in [6.07, 6.45) is 0.752. The molecule has 0 fully saturated rings. The molecule has 2 aromatic heterocycles. The Morgan fingerprint density at radius 1 is 1.52 bits per heavy atom. The van der Waals surface area contributed by atoms with Crippen LogP contribution in [0.2, 0.25) is 0 Å². The van der Waals surface area contributed by atoms with Gasteiger partial charge in [0.2, 0.25) is 5.50 Å². The quantitative estimate of drug-likeness (QED) is 0.561. The fourth-order valence-electron chi connectivity index (χ4n) is 1.77. The van der Waals surface area contributed by atoms with Crippen LogP contribution in [0.4, 0.5) is 0 Å². The average molecular weight is 346 g/mol. The number of furan rings is 1. The van der Waals surface area contributed by atoms with Crippen molar-refractivity contribution in [2.24, 2.45) is 11.7 Å². The van der Waals surface area contributed by atoms with E-state index in [2.05, 4.69) is 18.8 Å². The molecular formula is C12H15N2O4PS2. The van der Waals surface area contributed by atoms with Crippen LogP contribution in [0.1, 0.15) is 23.7 Å². The zero-order chi connectivity index (χ0) is 15.8. The molecule has 0 aliphatic rings. The third-order valence-electron chi connectivity index (χ3n) is 2.61. The largest absolute Gasteiger partial charge is 0.446 e. The monoisotopic (exact) mass is 346 g/mol. The van der Waals surface area contributed by atoms with Gasteiger partial charge in [0.05, 0.1) is 0 Å². The van der Waals surface area contributed by atoms with Gasteiger partial charge in [0.25, 0.3) is 0 Å². The highest BCUT2D eigenvalue weighted by atomic mass is 32.1. The van der Waals surface area contributed by atoms with Crippen molar-refractivity contribution in [1.29, 1.82) is 0 Å². The van der Waals surface area contributed by atoms with Gasteiger partial charge in [0.1, 0.15) is 10.7 Å². The van der Waals surface area contributed by atoms with Crippen LogP contribution < -0.4 is 11.2 Å². The lowest BCUT2D eigenvalue weighted by Gasteiger charge is -2.03. The van der Waals surface area contributed by atoms with Crippen molar-refractivity contribution in [1.82, 2.24) is 4.98 Å². The smallest absolute Gasteiger partial charge is 0.391 e. The topological polar surface area (TPSA) is 110 Å². The number of thiazole rings is 1. The molecule has 0 aliphatic carbocycles. The van der Waals surface area contributed by atoms with Gasteiger partial charge in [0.15, 0.2) is 10.8 Å². The predicted octanol–water partition coefficient (Wildman–Crippen LogP) is 2.04. The van der Waals surface area contributed by atoms with Crippen LogP contribution in [0.3, 0.4) is 0 Å². The van der Waals surface area contributed by atoms with Gasteiger partial charge in [-0.3, -0.25) is 4.57 Å². The van der Waals surface area contributed by atoms with Crippen LogP contribution in [-0.2, 0) is 11.0 Å². The maximum absolute atomic E-state index is 11.2. The maximum atomic E-state index is 11.2. The molecule has 0 amide bonds. The normalized spacial score (nSPS) is 12.0. The summed E-state index contributed by atoms with van der Waals surface area (Å²) in [6, 6.07) is 2.76. The number of nitrogens with two attached hydrogens (primary N) is 1. The minimum absolute atomic E-state index is 0.193. The average Bonchev–Trinajstić information content (AvgIpc) is 2.92. The summed E-state index contributed by atoms with van der Waals surface area (Å²) < 4.78 is 16.4. The maximum Gasteiger partial charge on any atom is 0.391 e. The van der Waals surface area contributed by atoms with Crippen LogP contribution in [0, 0.1) is 5.92 Å². The number of hydrogen-bond donors (Lipinski definition) is 3. The fourth-order valence-corrected chi connectivity index (χ4v) is 3.56. The SMILES string of the molecule is CC(C)Cc1sc(C(N)=S)nc1-c1ccc(P(=O)(O)O)o1. The summed E-state index contributed by atoms with van der Waals surface area (Å²) in [4.78, 5) is 23.7. The molecule has 9 heteroatoms. The minimum atomic E-state index is -4.41. The Balaban J connectivity index is 2.49. The first-order chi connectivity index (χ1) is 9.68. The number of rotatable bonds is 5. The molecule has 0 atom stereocenters. The van der Waals surface area contributed by atoms with Crippen molar-refractivity contribution in [2.45, 2.75) is 20.3 Å². The number of nitrogens with zero attached hydrogens (tertiary/aromatic N) is 1. The highest BCUT2D eigenvalue weighted by Gasteiger charge is 2.24. The lowest BCUT2D eigenvalue weighted by molar-refractivity contribution is 0.377. The van der Waals surface area contributed by atoms with Gasteiger partial charge in [-0.2, -0.15) is 0 Å². The van der Waals surface area contributed by atoms with E-state index in [0.29, 0.717) is 22.4 Å². The molecule has 0 spiro atoms. The molecule has 4 N–H and O–H groups in total. The Bertz CT molecular complexity index is 717. The van der Waals surface area contributed by atoms with Gasteiger partial charge in [-0.05, 0) is 24.5 Å². The molecule has 0 radical (unpaired) electrons. The van der Waals surface area contributed by atoms with Gasteiger partial charge >= 0.3 is 7.60 Å². The molecule has 0 saturated heterocycles. The van der Waals surface area contributed by atoms with E-state index < -0.39 is 7.60 Å². The van der Waals surface area contributed by atoms with Crippen molar-refractivity contribution in [3.8, 4) is 11.5 Å². The van der Waals surface area contributed by atoms with Crippen LogP contribution in [-0.4, -0.2) is 19.8 Å². The first-order valence-electron chi connectivity index (χ1n) is 6.14. The zero-order valence-electron chi connectivity index (χ0n) is 11.4. The van der Waals surface area contributed by atoms with E-state index in [1.165, 1.54) is 23.5 Å². The Labute approximate surface area is 131 Å². The van der Waals surface area contributed by atoms with Crippen LogP contribution >= 0.6 is 31.2 Å². The number of aromatic nitrogens is 1. The standard InChI is InChI=1S/C12H15N2O4PS2/c1-6(2)5-8-10(14-12(21-8)11(13)20)7-3-4-9(18-7)19(15,16)17/h3-4,6H,5H2,1-2H3,(H2,13,20)(H2,15,16,17). The van der Waals surface area contributed by atoms with Crippen LogP contribution in [0.25, 0.3) is 11.5 Å². The Hall–Kier alpha value is -1.05. The second kappa shape index (κ2) is 5.98. The lowest BCUT2D eigenvalue weighted by Crippen LogP contribution is -2.08. The molecule has 0 aromatic carbocycles. The van der Waals surface area contributed by atoms with E-state index >= 15 is 0 Å². The molecule has 2 rings (SSSR count). The number of hydrogen-bond acceptors (Lipinski definition) is 5. The van der Waals surface area contributed by atoms with E-state index in [4.69, 9.17) is 32.2 Å². The van der Waals surface area contributed by atoms with Gasteiger partial charge in [0, 0.05) is 4.88 Å². The van der Waals surface area contributed by atoms with Crippen LogP contribution in [0.15, 0.2) is 16.5 Å². The Morgan fingerprint density at radius 2 is 2.19 bits per heavy atom. The fraction of sp³-hybridized carbons (Fsp3) is 0.333. The van der Waals surface area contributed by atoms with Crippen molar-refractivity contribution < 1.29 is 18.8 Å². The van der Waals surface area contributed by atoms with Gasteiger partial charge in [-0.15, -0.1) is 11.3 Å². The molecule has 0 saturated carbocycles. The van der Waals surface area contributed by atoms with E-state index in [9.17, 15) is 4.57 Å². The zero-order valence-corrected chi connectivity index (χ0v) is 14.0. The molecule has 114 valence electrons. The van der Waals surface area contributed by atoms with Crippen molar-refractivity contribution in [2.75, 3.05) is 0 Å². The van der Waals surface area contributed by atoms with E-state index in [1.807, 2.05) is 0 Å². The number of thiocarbonyl (C=S) groups is 1. The highest BCUT2D eigenvalue weighted by Crippen LogP contribution is 2.37. The molecular weight excluding hydrogens is 331 g/mol. The molecule has 6 nitrogen and oxygen atoms in total. The highest BCUT2D eigenvalue weighted by molar-refractivity contribution is 7.81. The summed E-state index contributed by atoms with van der Waals surface area (Å²) in [6.45, 7) is 4.13. The first kappa shape index (κ1) is 16.3. The van der Waals surface area contributed by atoms with E-state index in [-0.39, 0.29) is 10.5 Å². The molecule has 0 unspecified atom stereocenters. The summed E-state index contributed by atoms with van der Waals surface area (Å²) in [5, 5.41) is 0.518. The summed E-state index contributed by atoms with van der Waals surface area (Å²) in [5.41, 5.74) is 5.76. The second-order valence-corrected chi connectivity index (χ2v) is 7.99. The Kier molecular flexibility index (Phi) is 4.65. The predicted molar refractivity (Wildman–Crippen MR) is 85.9 cm³/mol. The summed E-state index contributed by atoms with van der Waals surface area (Å²) in [5.74, 6) is 0.697. The molecule has 0 aliphatic heterocycles. The summed E-state index contributed by atoms with van der Waals surface area (Å²) >= 11 is 6.31. The van der Waals surface area contributed by atoms with Gasteiger partial charge < -0.3 is 19.9 Å². The summed E-state index contributed by atoms with van der Waals surface area (Å²) in [7, 11) is -4.41. The molecule has 0 bridgehead atoms. The Morgan fingerprint density at radius 3 is 2.67 bits per heavy atom. The van der Waals surface area contributed by atoms with E-state index in [1.54, 1.807) is 0 Å². The minimum Gasteiger partial charge on any atom is -0.446 e. The van der Waals surface area contributed by atoms with Crippen molar-refractivity contribution >= 4 is 41.6 Å². The second-order valence-electron chi connectivity index (χ2n) is 4.93. The van der Waals surface area contributed by atoms with Gasteiger partial charge in [-0.1, -0.05) is 26.1 Å². The molecule has 2 heterocycles. The van der Waals surface area contributed by atoms with Crippen molar-refractivity contribution in [3.63, 3.8) is 0 Å². The lowest BCUT2D eigenvalue weighted by atomic mass is 10.1. The van der Waals surface area contributed by atoms with Crippen LogP contribution in [0.5, 0.6) is 0 Å². The van der Waals surface area contributed by atoms with Gasteiger partial charge in [-0.25, -0.2) is 4.98 Å². The third-order valence-corrected chi connectivity index (χ3v) is 4.86. The molecule has 2 aromatic rings. The molecule has 21 heavy (non-hydrogen) atoms. The first-order valence-corrected chi connectivity index (χ1v) is 8.98. The third kappa shape index (κ3) is 3.78.